The number of hydrogen-bond acceptors (Lipinski definition) is 5. The molecule has 0 saturated carbocycles. The largest absolute Gasteiger partial charge is 0.325 e. The van der Waals surface area contributed by atoms with Crippen molar-refractivity contribution in [1.29, 1.82) is 0 Å². The van der Waals surface area contributed by atoms with E-state index >= 15 is 0 Å². The van der Waals surface area contributed by atoms with Crippen LogP contribution in [0.2, 0.25) is 5.02 Å². The Balaban J connectivity index is 1.58. The Bertz CT molecular complexity index is 1160. The molecular weight excluding hydrogens is 418 g/mol. The lowest BCUT2D eigenvalue weighted by Gasteiger charge is -2.11. The number of aromatic nitrogens is 4. The van der Waals surface area contributed by atoms with E-state index in [1.54, 1.807) is 24.5 Å². The third kappa shape index (κ3) is 4.53. The topological polar surface area (TPSA) is 72.7 Å². The van der Waals surface area contributed by atoms with E-state index in [2.05, 4.69) is 20.5 Å². The maximum absolute atomic E-state index is 12.5. The third-order valence-corrected chi connectivity index (χ3v) is 5.54. The molecule has 150 valence electrons. The number of carbonyl (C=O) groups excluding carboxylic acids is 1. The van der Waals surface area contributed by atoms with Crippen LogP contribution in [0.25, 0.3) is 17.1 Å². The van der Waals surface area contributed by atoms with Crippen LogP contribution in [0, 0.1) is 6.92 Å². The number of aryl methyl sites for hydroxylation is 1. The zero-order valence-corrected chi connectivity index (χ0v) is 17.7. The van der Waals surface area contributed by atoms with Crippen LogP contribution in [-0.4, -0.2) is 31.4 Å². The van der Waals surface area contributed by atoms with E-state index in [1.165, 1.54) is 11.8 Å². The number of nitrogens with zero attached hydrogens (tertiary/aromatic N) is 4. The molecule has 0 unspecified atom stereocenters. The van der Waals surface area contributed by atoms with Gasteiger partial charge in [0.15, 0.2) is 11.0 Å². The van der Waals surface area contributed by atoms with Crippen molar-refractivity contribution in [2.45, 2.75) is 12.1 Å². The smallest absolute Gasteiger partial charge is 0.234 e. The van der Waals surface area contributed by atoms with Crippen LogP contribution in [0.3, 0.4) is 0 Å². The number of nitrogens with one attached hydrogen (secondary N) is 1. The molecule has 0 atom stereocenters. The summed E-state index contributed by atoms with van der Waals surface area (Å²) in [6, 6.07) is 19.0. The van der Waals surface area contributed by atoms with E-state index in [0.717, 1.165) is 16.8 Å². The van der Waals surface area contributed by atoms with Gasteiger partial charge in [-0.15, -0.1) is 10.2 Å². The molecule has 0 spiro atoms. The minimum absolute atomic E-state index is 0.143. The molecule has 0 radical (unpaired) electrons. The van der Waals surface area contributed by atoms with Crippen molar-refractivity contribution in [3.05, 3.63) is 83.6 Å². The highest BCUT2D eigenvalue weighted by Gasteiger charge is 2.17. The Hall–Kier alpha value is -3.16. The van der Waals surface area contributed by atoms with Crippen molar-refractivity contribution in [2.75, 3.05) is 11.1 Å². The zero-order chi connectivity index (χ0) is 20.9. The number of anilines is 1. The predicted molar refractivity (Wildman–Crippen MR) is 120 cm³/mol. The minimum atomic E-state index is -0.143. The number of hydrogen-bond donors (Lipinski definition) is 1. The molecule has 2 aromatic carbocycles. The van der Waals surface area contributed by atoms with Gasteiger partial charge in [0.1, 0.15) is 0 Å². The fourth-order valence-corrected chi connectivity index (χ4v) is 3.82. The molecule has 0 fully saturated rings. The second-order valence-electron chi connectivity index (χ2n) is 6.51. The quantitative estimate of drug-likeness (QED) is 0.430. The summed E-state index contributed by atoms with van der Waals surface area (Å²) in [6.45, 7) is 1.92. The minimum Gasteiger partial charge on any atom is -0.325 e. The first kappa shape index (κ1) is 20.1. The van der Waals surface area contributed by atoms with Crippen LogP contribution in [-0.2, 0) is 4.79 Å². The molecule has 8 heteroatoms. The fraction of sp³-hybridized carbons (Fsp3) is 0.0909. The molecular formula is C22H18ClN5OS. The van der Waals surface area contributed by atoms with E-state index in [1.807, 2.05) is 60.0 Å². The van der Waals surface area contributed by atoms with Crippen LogP contribution in [0.15, 0.2) is 78.2 Å². The van der Waals surface area contributed by atoms with Crippen LogP contribution < -0.4 is 5.32 Å². The summed E-state index contributed by atoms with van der Waals surface area (Å²) in [5.74, 6) is 0.711. The SMILES string of the molecule is Cc1ccc(Cl)cc1NC(=O)CSc1nnc(-c2cccnc2)n1-c1ccccc1. The molecule has 6 nitrogen and oxygen atoms in total. The molecule has 0 saturated heterocycles. The maximum Gasteiger partial charge on any atom is 0.234 e. The first-order valence-corrected chi connectivity index (χ1v) is 10.6. The highest BCUT2D eigenvalue weighted by molar-refractivity contribution is 7.99. The van der Waals surface area contributed by atoms with Gasteiger partial charge >= 0.3 is 0 Å². The average Bonchev–Trinajstić information content (AvgIpc) is 3.20. The Labute approximate surface area is 183 Å². The Kier molecular flexibility index (Phi) is 6.11. The molecule has 2 heterocycles. The number of para-hydroxylation sites is 1. The van der Waals surface area contributed by atoms with Crippen molar-refractivity contribution < 1.29 is 4.79 Å². The van der Waals surface area contributed by atoms with E-state index < -0.39 is 0 Å². The fourth-order valence-electron chi connectivity index (χ4n) is 2.90. The molecule has 0 aliphatic carbocycles. The van der Waals surface area contributed by atoms with E-state index in [9.17, 15) is 4.79 Å². The van der Waals surface area contributed by atoms with Crippen molar-refractivity contribution in [3.8, 4) is 17.1 Å². The normalized spacial score (nSPS) is 10.7. The van der Waals surface area contributed by atoms with Crippen molar-refractivity contribution in [2.24, 2.45) is 0 Å². The molecule has 0 bridgehead atoms. The van der Waals surface area contributed by atoms with E-state index in [4.69, 9.17) is 11.6 Å². The van der Waals surface area contributed by atoms with Crippen LogP contribution in [0.5, 0.6) is 0 Å². The first-order chi connectivity index (χ1) is 14.6. The molecule has 30 heavy (non-hydrogen) atoms. The summed E-state index contributed by atoms with van der Waals surface area (Å²) < 4.78 is 1.93. The second kappa shape index (κ2) is 9.11. The molecule has 1 amide bonds. The van der Waals surface area contributed by atoms with Crippen LogP contribution in [0.4, 0.5) is 5.69 Å². The molecule has 2 aromatic heterocycles. The van der Waals surface area contributed by atoms with Crippen molar-refractivity contribution in [3.63, 3.8) is 0 Å². The van der Waals surface area contributed by atoms with Crippen LogP contribution >= 0.6 is 23.4 Å². The number of rotatable bonds is 6. The van der Waals surface area contributed by atoms with Gasteiger partial charge in [-0.25, -0.2) is 0 Å². The lowest BCUT2D eigenvalue weighted by molar-refractivity contribution is -0.113. The van der Waals surface area contributed by atoms with Gasteiger partial charge in [0.25, 0.3) is 0 Å². The monoisotopic (exact) mass is 435 g/mol. The summed E-state index contributed by atoms with van der Waals surface area (Å²) in [5, 5.41) is 12.8. The van der Waals surface area contributed by atoms with Gasteiger partial charge in [-0.2, -0.15) is 0 Å². The highest BCUT2D eigenvalue weighted by atomic mass is 35.5. The van der Waals surface area contributed by atoms with Gasteiger partial charge in [0.05, 0.1) is 5.75 Å². The Morgan fingerprint density at radius 3 is 2.70 bits per heavy atom. The third-order valence-electron chi connectivity index (χ3n) is 4.37. The van der Waals surface area contributed by atoms with Gasteiger partial charge in [-0.05, 0) is 48.9 Å². The predicted octanol–water partition coefficient (Wildman–Crippen LogP) is 5.02. The lowest BCUT2D eigenvalue weighted by Crippen LogP contribution is -2.15. The number of benzene rings is 2. The van der Waals surface area contributed by atoms with Gasteiger partial charge < -0.3 is 5.32 Å². The molecule has 4 rings (SSSR count). The van der Waals surface area contributed by atoms with E-state index in [0.29, 0.717) is 21.7 Å². The number of carbonyl (C=O) groups is 1. The summed E-state index contributed by atoms with van der Waals surface area (Å²) in [6.07, 6.45) is 3.46. The van der Waals surface area contributed by atoms with Gasteiger partial charge in [0, 0.05) is 34.4 Å². The summed E-state index contributed by atoms with van der Waals surface area (Å²) in [7, 11) is 0. The Morgan fingerprint density at radius 2 is 1.93 bits per heavy atom. The highest BCUT2D eigenvalue weighted by Crippen LogP contribution is 2.28. The number of halogens is 1. The second-order valence-corrected chi connectivity index (χ2v) is 7.89. The number of amides is 1. The molecule has 0 aliphatic rings. The lowest BCUT2D eigenvalue weighted by atomic mass is 10.2. The number of thioether (sulfide) groups is 1. The summed E-state index contributed by atoms with van der Waals surface area (Å²) >= 11 is 7.36. The average molecular weight is 436 g/mol. The van der Waals surface area contributed by atoms with Crippen LogP contribution in [0.1, 0.15) is 5.56 Å². The summed E-state index contributed by atoms with van der Waals surface area (Å²) in [4.78, 5) is 16.7. The number of pyridine rings is 1. The molecule has 1 N–H and O–H groups in total. The van der Waals surface area contributed by atoms with Gasteiger partial charge in [-0.3, -0.25) is 14.3 Å². The Morgan fingerprint density at radius 1 is 1.10 bits per heavy atom. The zero-order valence-electron chi connectivity index (χ0n) is 16.1. The van der Waals surface area contributed by atoms with Gasteiger partial charge in [0.2, 0.25) is 5.91 Å². The first-order valence-electron chi connectivity index (χ1n) is 9.22. The standard InChI is InChI=1S/C22H18ClN5OS/c1-15-9-10-17(23)12-19(15)25-20(29)14-30-22-27-26-21(16-6-5-11-24-13-16)28(22)18-7-3-2-4-8-18/h2-13H,14H2,1H3,(H,25,29). The van der Waals surface area contributed by atoms with Crippen molar-refractivity contribution in [1.82, 2.24) is 19.7 Å². The molecule has 0 aliphatic heterocycles. The maximum atomic E-state index is 12.5. The van der Waals surface area contributed by atoms with Crippen molar-refractivity contribution >= 4 is 35.0 Å². The molecule has 4 aromatic rings. The summed E-state index contributed by atoms with van der Waals surface area (Å²) in [5.41, 5.74) is 3.41. The van der Waals surface area contributed by atoms with Gasteiger partial charge in [-0.1, -0.05) is 47.6 Å². The van der Waals surface area contributed by atoms with E-state index in [-0.39, 0.29) is 11.7 Å².